The molecule has 20 heavy (non-hydrogen) atoms. The van der Waals surface area contributed by atoms with E-state index < -0.39 is 10.0 Å². The average Bonchev–Trinajstić information content (AvgIpc) is 2.38. The molecule has 0 radical (unpaired) electrons. The first kappa shape index (κ1) is 17.4. The molecule has 1 aromatic rings. The van der Waals surface area contributed by atoms with Crippen LogP contribution in [0.3, 0.4) is 0 Å². The second kappa shape index (κ2) is 8.62. The summed E-state index contributed by atoms with van der Waals surface area (Å²) in [4.78, 5) is 0. The highest BCUT2D eigenvalue weighted by molar-refractivity contribution is 7.89. The van der Waals surface area contributed by atoms with Crippen molar-refractivity contribution in [1.29, 1.82) is 0 Å². The molecule has 0 spiro atoms. The van der Waals surface area contributed by atoms with Crippen LogP contribution < -0.4 is 10.0 Å². The summed E-state index contributed by atoms with van der Waals surface area (Å²) >= 11 is 6.06. The smallest absolute Gasteiger partial charge is 0.212 e. The highest BCUT2D eigenvalue weighted by Gasteiger charge is 2.16. The van der Waals surface area contributed by atoms with E-state index in [1.54, 1.807) is 13.0 Å². The maximum Gasteiger partial charge on any atom is 0.212 e. The van der Waals surface area contributed by atoms with E-state index in [2.05, 4.69) is 17.0 Å². The van der Waals surface area contributed by atoms with Gasteiger partial charge in [-0.05, 0) is 44.5 Å². The molecular weight excluding hydrogens is 296 g/mol. The highest BCUT2D eigenvalue weighted by atomic mass is 35.5. The molecule has 0 aliphatic rings. The Morgan fingerprint density at radius 3 is 2.60 bits per heavy atom. The van der Waals surface area contributed by atoms with Gasteiger partial charge < -0.3 is 5.32 Å². The van der Waals surface area contributed by atoms with E-state index in [1.165, 1.54) is 0 Å². The third-order valence-corrected chi connectivity index (χ3v) is 4.80. The SMILES string of the molecule is CCCNCCCS(=O)(=O)NC(C)c1ccccc1Cl. The maximum atomic E-state index is 12.0. The zero-order valence-electron chi connectivity index (χ0n) is 12.0. The Labute approximate surface area is 127 Å². The molecule has 1 atom stereocenters. The predicted octanol–water partition coefficient (Wildman–Crippen LogP) is 2.71. The quantitative estimate of drug-likeness (QED) is 0.688. The molecule has 0 saturated heterocycles. The third kappa shape index (κ3) is 6.22. The fourth-order valence-corrected chi connectivity index (χ4v) is 3.51. The molecule has 0 fully saturated rings. The van der Waals surface area contributed by atoms with Gasteiger partial charge in [-0.1, -0.05) is 36.7 Å². The molecule has 1 aromatic carbocycles. The summed E-state index contributed by atoms with van der Waals surface area (Å²) in [6, 6.07) is 6.94. The van der Waals surface area contributed by atoms with Crippen molar-refractivity contribution in [1.82, 2.24) is 10.0 Å². The molecule has 0 aliphatic carbocycles. The van der Waals surface area contributed by atoms with E-state index in [9.17, 15) is 8.42 Å². The standard InChI is InChI=1S/C14H23ClN2O2S/c1-3-9-16-10-6-11-20(18,19)17-12(2)13-7-4-5-8-14(13)15/h4-5,7-8,12,16-17H,3,6,9-11H2,1-2H3. The Morgan fingerprint density at radius 1 is 1.25 bits per heavy atom. The molecule has 0 bridgehead atoms. The van der Waals surface area contributed by atoms with Gasteiger partial charge in [0.25, 0.3) is 0 Å². The summed E-state index contributed by atoms with van der Waals surface area (Å²) in [5, 5.41) is 3.76. The Morgan fingerprint density at radius 2 is 1.95 bits per heavy atom. The summed E-state index contributed by atoms with van der Waals surface area (Å²) in [5.41, 5.74) is 0.793. The van der Waals surface area contributed by atoms with E-state index in [0.717, 1.165) is 25.1 Å². The van der Waals surface area contributed by atoms with Crippen molar-refractivity contribution in [3.8, 4) is 0 Å². The van der Waals surface area contributed by atoms with Crippen LogP contribution in [0.25, 0.3) is 0 Å². The number of rotatable bonds is 9. The topological polar surface area (TPSA) is 58.2 Å². The molecular formula is C14H23ClN2O2S. The number of hydrogen-bond acceptors (Lipinski definition) is 3. The Kier molecular flexibility index (Phi) is 7.51. The lowest BCUT2D eigenvalue weighted by Crippen LogP contribution is -2.30. The first-order chi connectivity index (χ1) is 9.46. The van der Waals surface area contributed by atoms with Gasteiger partial charge in [-0.3, -0.25) is 0 Å². The number of hydrogen-bond donors (Lipinski definition) is 2. The van der Waals surface area contributed by atoms with Crippen molar-refractivity contribution in [3.05, 3.63) is 34.9 Å². The van der Waals surface area contributed by atoms with Crippen LogP contribution in [0, 0.1) is 0 Å². The van der Waals surface area contributed by atoms with Gasteiger partial charge in [0.2, 0.25) is 10.0 Å². The van der Waals surface area contributed by atoms with E-state index >= 15 is 0 Å². The summed E-state index contributed by atoms with van der Waals surface area (Å²) in [7, 11) is -3.28. The summed E-state index contributed by atoms with van der Waals surface area (Å²) in [6.45, 7) is 5.52. The lowest BCUT2D eigenvalue weighted by Gasteiger charge is -2.16. The van der Waals surface area contributed by atoms with Crippen molar-refractivity contribution in [2.24, 2.45) is 0 Å². The largest absolute Gasteiger partial charge is 0.317 e. The number of nitrogens with one attached hydrogen (secondary N) is 2. The van der Waals surface area contributed by atoms with Crippen LogP contribution in [-0.2, 0) is 10.0 Å². The van der Waals surface area contributed by atoms with Crippen molar-refractivity contribution < 1.29 is 8.42 Å². The van der Waals surface area contributed by atoms with Crippen molar-refractivity contribution >= 4 is 21.6 Å². The minimum absolute atomic E-state index is 0.124. The van der Waals surface area contributed by atoms with Crippen LogP contribution in [0.15, 0.2) is 24.3 Å². The summed E-state index contributed by atoms with van der Waals surface area (Å²) in [5.74, 6) is 0.124. The van der Waals surface area contributed by atoms with Crippen LogP contribution in [0.2, 0.25) is 5.02 Å². The van der Waals surface area contributed by atoms with Gasteiger partial charge in [0.1, 0.15) is 0 Å². The van der Waals surface area contributed by atoms with Gasteiger partial charge in [-0.25, -0.2) is 13.1 Å². The lowest BCUT2D eigenvalue weighted by molar-refractivity contribution is 0.561. The van der Waals surface area contributed by atoms with Crippen molar-refractivity contribution in [2.45, 2.75) is 32.7 Å². The fourth-order valence-electron chi connectivity index (χ4n) is 1.91. The monoisotopic (exact) mass is 318 g/mol. The second-order valence-electron chi connectivity index (χ2n) is 4.78. The first-order valence-corrected chi connectivity index (χ1v) is 8.94. The Bertz CT molecular complexity index is 506. The minimum atomic E-state index is -3.28. The van der Waals surface area contributed by atoms with Crippen LogP contribution in [0.4, 0.5) is 0 Å². The first-order valence-electron chi connectivity index (χ1n) is 6.91. The Hall–Kier alpha value is -0.620. The third-order valence-electron chi connectivity index (χ3n) is 2.92. The predicted molar refractivity (Wildman–Crippen MR) is 84.6 cm³/mol. The zero-order valence-corrected chi connectivity index (χ0v) is 13.6. The molecule has 0 aliphatic heterocycles. The highest BCUT2D eigenvalue weighted by Crippen LogP contribution is 2.22. The lowest BCUT2D eigenvalue weighted by atomic mass is 10.1. The zero-order chi connectivity index (χ0) is 15.0. The number of sulfonamides is 1. The van der Waals surface area contributed by atoms with Gasteiger partial charge in [0.15, 0.2) is 0 Å². The molecule has 2 N–H and O–H groups in total. The molecule has 6 heteroatoms. The Balaban J connectivity index is 2.47. The summed E-state index contributed by atoms with van der Waals surface area (Å²) in [6.07, 6.45) is 1.65. The van der Waals surface area contributed by atoms with Crippen molar-refractivity contribution in [3.63, 3.8) is 0 Å². The van der Waals surface area contributed by atoms with Crippen LogP contribution in [0.1, 0.15) is 38.3 Å². The molecule has 4 nitrogen and oxygen atoms in total. The van der Waals surface area contributed by atoms with Gasteiger partial charge in [0.05, 0.1) is 5.75 Å². The fraction of sp³-hybridized carbons (Fsp3) is 0.571. The molecule has 0 saturated carbocycles. The normalized spacial score (nSPS) is 13.3. The van der Waals surface area contributed by atoms with Gasteiger partial charge >= 0.3 is 0 Å². The molecule has 0 aromatic heterocycles. The molecule has 114 valence electrons. The maximum absolute atomic E-state index is 12.0. The van der Waals surface area contributed by atoms with E-state index in [1.807, 2.05) is 18.2 Å². The van der Waals surface area contributed by atoms with E-state index in [-0.39, 0.29) is 11.8 Å². The number of halogens is 1. The van der Waals surface area contributed by atoms with E-state index in [4.69, 9.17) is 11.6 Å². The van der Waals surface area contributed by atoms with Gasteiger partial charge in [-0.2, -0.15) is 0 Å². The molecule has 0 heterocycles. The molecule has 1 rings (SSSR count). The van der Waals surface area contributed by atoms with Crippen LogP contribution in [0.5, 0.6) is 0 Å². The van der Waals surface area contributed by atoms with Gasteiger partial charge in [0, 0.05) is 11.1 Å². The van der Waals surface area contributed by atoms with Crippen molar-refractivity contribution in [2.75, 3.05) is 18.8 Å². The average molecular weight is 319 g/mol. The van der Waals surface area contributed by atoms with Crippen LogP contribution in [-0.4, -0.2) is 27.3 Å². The number of benzene rings is 1. The van der Waals surface area contributed by atoms with Gasteiger partial charge in [-0.15, -0.1) is 0 Å². The molecule has 0 amide bonds. The van der Waals surface area contributed by atoms with E-state index in [0.29, 0.717) is 11.4 Å². The molecule has 1 unspecified atom stereocenters. The summed E-state index contributed by atoms with van der Waals surface area (Å²) < 4.78 is 26.6. The second-order valence-corrected chi connectivity index (χ2v) is 7.06. The van der Waals surface area contributed by atoms with Crippen LogP contribution >= 0.6 is 11.6 Å². The minimum Gasteiger partial charge on any atom is -0.317 e.